The van der Waals surface area contributed by atoms with Gasteiger partial charge in [0.05, 0.1) is 0 Å². The van der Waals surface area contributed by atoms with E-state index in [0.29, 0.717) is 5.41 Å². The molecule has 0 amide bonds. The van der Waals surface area contributed by atoms with E-state index in [1.165, 1.54) is 64.2 Å². The fourth-order valence-corrected chi connectivity index (χ4v) is 2.18. The molecule has 0 atom stereocenters. The monoisotopic (exact) mass is 263 g/mol. The third-order valence-corrected chi connectivity index (χ3v) is 3.33. The summed E-state index contributed by atoms with van der Waals surface area (Å²) in [5.41, 5.74) is 0.529. The summed E-state index contributed by atoms with van der Waals surface area (Å²) in [7, 11) is 0. The van der Waals surface area contributed by atoms with Crippen LogP contribution >= 0.6 is 11.6 Å². The van der Waals surface area contributed by atoms with E-state index >= 15 is 0 Å². The molecule has 1 nitrogen and oxygen atoms in total. The third-order valence-electron chi connectivity index (χ3n) is 3.06. The van der Waals surface area contributed by atoms with Gasteiger partial charge < -0.3 is 6.15 Å². The van der Waals surface area contributed by atoms with E-state index in [4.69, 9.17) is 11.6 Å². The number of rotatable bonds is 10. The van der Waals surface area contributed by atoms with Crippen molar-refractivity contribution in [1.29, 1.82) is 0 Å². The van der Waals surface area contributed by atoms with Gasteiger partial charge in [-0.25, -0.2) is 0 Å². The molecule has 0 spiro atoms. The zero-order valence-electron chi connectivity index (χ0n) is 12.4. The van der Waals surface area contributed by atoms with Crippen molar-refractivity contribution >= 4 is 11.6 Å². The van der Waals surface area contributed by atoms with Crippen molar-refractivity contribution in [1.82, 2.24) is 6.15 Å². The van der Waals surface area contributed by atoms with Crippen LogP contribution in [0.5, 0.6) is 0 Å². The second-order valence-electron chi connectivity index (χ2n) is 6.18. The quantitative estimate of drug-likeness (QED) is 0.362. The number of hydrogen-bond acceptors (Lipinski definition) is 1. The van der Waals surface area contributed by atoms with E-state index < -0.39 is 0 Å². The molecule has 0 radical (unpaired) electrons. The summed E-state index contributed by atoms with van der Waals surface area (Å²) in [6.45, 7) is 7.01. The normalized spacial score (nSPS) is 11.3. The topological polar surface area (TPSA) is 35.0 Å². The van der Waals surface area contributed by atoms with Gasteiger partial charge in [0.15, 0.2) is 0 Å². The Morgan fingerprint density at radius 1 is 0.647 bits per heavy atom. The first-order valence-corrected chi connectivity index (χ1v) is 7.66. The number of hydrogen-bond donors (Lipinski definition) is 1. The Hall–Kier alpha value is 0.250. The number of alkyl halides is 1. The highest BCUT2D eigenvalue weighted by Crippen LogP contribution is 2.22. The van der Waals surface area contributed by atoms with Crippen molar-refractivity contribution in [3.8, 4) is 0 Å². The maximum Gasteiger partial charge on any atom is 0.0223 e. The molecule has 0 aromatic heterocycles. The molecule has 0 saturated heterocycles. The van der Waals surface area contributed by atoms with Crippen molar-refractivity contribution in [2.24, 2.45) is 5.41 Å². The highest BCUT2D eigenvalue weighted by Gasteiger charge is 2.08. The van der Waals surface area contributed by atoms with Gasteiger partial charge in [-0.2, -0.15) is 0 Å². The molecule has 0 aliphatic rings. The highest BCUT2D eigenvalue weighted by atomic mass is 35.5. The van der Waals surface area contributed by atoms with Gasteiger partial charge in [0, 0.05) is 5.88 Å². The van der Waals surface area contributed by atoms with Gasteiger partial charge >= 0.3 is 0 Å². The summed E-state index contributed by atoms with van der Waals surface area (Å²) in [6.07, 6.45) is 13.8. The molecule has 0 aliphatic carbocycles. The lowest BCUT2D eigenvalue weighted by Crippen LogP contribution is -2.03. The molecule has 0 fully saturated rings. The maximum absolute atomic E-state index is 5.64. The summed E-state index contributed by atoms with van der Waals surface area (Å²) >= 11 is 5.64. The lowest BCUT2D eigenvalue weighted by molar-refractivity contribution is 0.356. The SMILES string of the molecule is CC(C)(C)CCCCCCCCCCCCl.N. The van der Waals surface area contributed by atoms with Crippen LogP contribution in [0, 0.1) is 5.41 Å². The third kappa shape index (κ3) is 18.8. The standard InChI is InChI=1S/C15H31Cl.H3N/c1-15(2,3)13-11-9-7-5-4-6-8-10-12-14-16;/h4-14H2,1-3H3;1H3. The molecule has 0 heterocycles. The first kappa shape index (κ1) is 19.6. The molecule has 0 aliphatic heterocycles. The largest absolute Gasteiger partial charge is 0.344 e. The van der Waals surface area contributed by atoms with Crippen LogP contribution in [-0.4, -0.2) is 5.88 Å². The summed E-state index contributed by atoms with van der Waals surface area (Å²) < 4.78 is 0. The summed E-state index contributed by atoms with van der Waals surface area (Å²) in [5, 5.41) is 0. The Balaban J connectivity index is 0. The predicted octanol–water partition coefficient (Wildman–Crippen LogP) is 6.33. The van der Waals surface area contributed by atoms with E-state index in [1.54, 1.807) is 0 Å². The molecule has 0 rings (SSSR count). The molecule has 0 unspecified atom stereocenters. The molecule has 2 heteroatoms. The van der Waals surface area contributed by atoms with Crippen molar-refractivity contribution in [2.45, 2.75) is 85.0 Å². The van der Waals surface area contributed by atoms with Gasteiger partial charge in [0.2, 0.25) is 0 Å². The smallest absolute Gasteiger partial charge is 0.0223 e. The molecular weight excluding hydrogens is 230 g/mol. The Morgan fingerprint density at radius 3 is 1.35 bits per heavy atom. The lowest BCUT2D eigenvalue weighted by atomic mass is 9.89. The van der Waals surface area contributed by atoms with Crippen LogP contribution in [0.4, 0.5) is 0 Å². The number of unbranched alkanes of at least 4 members (excludes halogenated alkanes) is 8. The van der Waals surface area contributed by atoms with Gasteiger partial charge in [-0.15, -0.1) is 11.6 Å². The zero-order valence-corrected chi connectivity index (χ0v) is 13.1. The summed E-state index contributed by atoms with van der Waals surface area (Å²) in [5.74, 6) is 0.840. The van der Waals surface area contributed by atoms with Crippen molar-refractivity contribution in [3.05, 3.63) is 0 Å². The number of halogens is 1. The van der Waals surface area contributed by atoms with Gasteiger partial charge in [0.1, 0.15) is 0 Å². The van der Waals surface area contributed by atoms with Crippen LogP contribution in [0.1, 0.15) is 85.0 Å². The summed E-state index contributed by atoms with van der Waals surface area (Å²) in [4.78, 5) is 0. The van der Waals surface area contributed by atoms with E-state index in [-0.39, 0.29) is 6.15 Å². The summed E-state index contributed by atoms with van der Waals surface area (Å²) in [6, 6.07) is 0. The van der Waals surface area contributed by atoms with Crippen LogP contribution in [0.15, 0.2) is 0 Å². The lowest BCUT2D eigenvalue weighted by Gasteiger charge is -2.17. The zero-order chi connectivity index (χ0) is 12.3. The fraction of sp³-hybridized carbons (Fsp3) is 1.00. The van der Waals surface area contributed by atoms with E-state index in [1.807, 2.05) is 0 Å². The van der Waals surface area contributed by atoms with E-state index in [2.05, 4.69) is 20.8 Å². The van der Waals surface area contributed by atoms with Gasteiger partial charge in [-0.05, 0) is 18.3 Å². The van der Waals surface area contributed by atoms with Gasteiger partial charge in [-0.3, -0.25) is 0 Å². The molecule has 0 aromatic carbocycles. The minimum absolute atomic E-state index is 0. The van der Waals surface area contributed by atoms with E-state index in [0.717, 1.165) is 5.88 Å². The molecular formula is C15H34ClN. The Bertz CT molecular complexity index is 140. The molecule has 0 saturated carbocycles. The molecule has 17 heavy (non-hydrogen) atoms. The first-order chi connectivity index (χ1) is 7.56. The highest BCUT2D eigenvalue weighted by molar-refractivity contribution is 6.17. The Labute approximate surface area is 114 Å². The van der Waals surface area contributed by atoms with Gasteiger partial charge in [-0.1, -0.05) is 72.1 Å². The molecule has 0 bridgehead atoms. The molecule has 106 valence electrons. The van der Waals surface area contributed by atoms with Crippen LogP contribution in [-0.2, 0) is 0 Å². The van der Waals surface area contributed by atoms with Crippen molar-refractivity contribution in [2.75, 3.05) is 5.88 Å². The van der Waals surface area contributed by atoms with Crippen LogP contribution in [0.3, 0.4) is 0 Å². The molecule has 3 N–H and O–H groups in total. The minimum atomic E-state index is 0. The van der Waals surface area contributed by atoms with Crippen molar-refractivity contribution < 1.29 is 0 Å². The Morgan fingerprint density at radius 2 is 1.00 bits per heavy atom. The molecule has 0 aromatic rings. The van der Waals surface area contributed by atoms with E-state index in [9.17, 15) is 0 Å². The van der Waals surface area contributed by atoms with Crippen LogP contribution < -0.4 is 6.15 Å². The maximum atomic E-state index is 5.64. The average molecular weight is 264 g/mol. The second-order valence-corrected chi connectivity index (χ2v) is 6.56. The average Bonchev–Trinajstić information content (AvgIpc) is 2.19. The van der Waals surface area contributed by atoms with Crippen LogP contribution in [0.25, 0.3) is 0 Å². The van der Waals surface area contributed by atoms with Crippen LogP contribution in [0.2, 0.25) is 0 Å². The first-order valence-electron chi connectivity index (χ1n) is 7.12. The van der Waals surface area contributed by atoms with Gasteiger partial charge in [0.25, 0.3) is 0 Å². The Kier molecular flexibility index (Phi) is 14.6. The van der Waals surface area contributed by atoms with Crippen molar-refractivity contribution in [3.63, 3.8) is 0 Å². The fourth-order valence-electron chi connectivity index (χ4n) is 1.99. The predicted molar refractivity (Wildman–Crippen MR) is 81.4 cm³/mol. The second kappa shape index (κ2) is 12.7. The minimum Gasteiger partial charge on any atom is -0.344 e.